The number of carbonyl (C=O) groups excluding carboxylic acids is 1. The molecule has 8 heteroatoms. The molecular formula is C26H35N3O4S. The van der Waals surface area contributed by atoms with E-state index in [-0.39, 0.29) is 23.5 Å². The van der Waals surface area contributed by atoms with Gasteiger partial charge in [-0.15, -0.1) is 0 Å². The fourth-order valence-electron chi connectivity index (χ4n) is 3.80. The number of thiocarbonyl (C=S) groups is 1. The van der Waals surface area contributed by atoms with Crippen LogP contribution in [-0.4, -0.2) is 62.9 Å². The second kappa shape index (κ2) is 10.6. The van der Waals surface area contributed by atoms with Crippen molar-refractivity contribution in [2.45, 2.75) is 52.7 Å². The largest absolute Gasteiger partial charge is 0.508 e. The molecule has 3 rings (SSSR count). The van der Waals surface area contributed by atoms with Crippen LogP contribution < -0.4 is 5.32 Å². The zero-order valence-corrected chi connectivity index (χ0v) is 21.4. The summed E-state index contributed by atoms with van der Waals surface area (Å²) < 4.78 is 5.46. The molecule has 1 aliphatic rings. The summed E-state index contributed by atoms with van der Waals surface area (Å²) in [5.41, 5.74) is 2.73. The first-order valence-corrected chi connectivity index (χ1v) is 12.0. The van der Waals surface area contributed by atoms with Gasteiger partial charge in [-0.3, -0.25) is 4.90 Å². The number of nitrogens with one attached hydrogen (secondary N) is 1. The number of amides is 1. The van der Waals surface area contributed by atoms with E-state index in [1.165, 1.54) is 6.07 Å². The molecule has 0 spiro atoms. The summed E-state index contributed by atoms with van der Waals surface area (Å²) in [6.07, 6.45) is -0.251. The molecule has 3 N–H and O–H groups in total. The van der Waals surface area contributed by atoms with Crippen LogP contribution in [0, 0.1) is 0 Å². The summed E-state index contributed by atoms with van der Waals surface area (Å²) in [7, 11) is 0. The average Bonchev–Trinajstić information content (AvgIpc) is 2.74. The topological polar surface area (TPSA) is 85.3 Å². The van der Waals surface area contributed by atoms with Gasteiger partial charge in [0.15, 0.2) is 0 Å². The molecule has 0 atom stereocenters. The van der Waals surface area contributed by atoms with Gasteiger partial charge in [0, 0.05) is 44.5 Å². The van der Waals surface area contributed by atoms with Gasteiger partial charge >= 0.3 is 6.09 Å². The number of benzene rings is 2. The lowest BCUT2D eigenvalue weighted by Gasteiger charge is -2.35. The predicted octanol–water partition coefficient (Wildman–Crippen LogP) is 5.06. The van der Waals surface area contributed by atoms with Crippen molar-refractivity contribution < 1.29 is 19.7 Å². The Bertz CT molecular complexity index is 1020. The van der Waals surface area contributed by atoms with Gasteiger partial charge in [-0.2, -0.15) is 0 Å². The molecule has 0 aliphatic carbocycles. The predicted molar refractivity (Wildman–Crippen MR) is 139 cm³/mol. The molecule has 1 amide bonds. The van der Waals surface area contributed by atoms with E-state index in [0.29, 0.717) is 23.6 Å². The lowest BCUT2D eigenvalue weighted by Crippen LogP contribution is -2.49. The molecule has 2 aromatic carbocycles. The zero-order chi connectivity index (χ0) is 25.0. The Morgan fingerprint density at radius 2 is 1.68 bits per heavy atom. The molecule has 1 aliphatic heterocycles. The first-order valence-electron chi connectivity index (χ1n) is 11.6. The van der Waals surface area contributed by atoms with Crippen LogP contribution in [0.1, 0.15) is 57.2 Å². The molecule has 1 fully saturated rings. The summed E-state index contributed by atoms with van der Waals surface area (Å²) in [6, 6.07) is 11.1. The summed E-state index contributed by atoms with van der Waals surface area (Å²) >= 11 is 5.50. The molecule has 184 valence electrons. The fraction of sp³-hybridized carbons (Fsp3) is 0.462. The third-order valence-electron chi connectivity index (χ3n) is 5.65. The minimum absolute atomic E-state index is 0.0541. The van der Waals surface area contributed by atoms with Crippen molar-refractivity contribution in [3.63, 3.8) is 0 Å². The van der Waals surface area contributed by atoms with E-state index in [0.717, 1.165) is 36.4 Å². The highest BCUT2D eigenvalue weighted by Gasteiger charge is 2.25. The first-order chi connectivity index (χ1) is 15.9. The van der Waals surface area contributed by atoms with Crippen LogP contribution in [0.25, 0.3) is 0 Å². The Hall–Kier alpha value is -2.84. The van der Waals surface area contributed by atoms with E-state index in [4.69, 9.17) is 17.0 Å². The van der Waals surface area contributed by atoms with E-state index >= 15 is 0 Å². The number of hydrogen-bond donors (Lipinski definition) is 3. The molecule has 0 saturated carbocycles. The quantitative estimate of drug-likeness (QED) is 0.510. The van der Waals surface area contributed by atoms with Gasteiger partial charge in [0.25, 0.3) is 0 Å². The Balaban J connectivity index is 1.55. The van der Waals surface area contributed by atoms with E-state index in [1.54, 1.807) is 11.0 Å². The van der Waals surface area contributed by atoms with E-state index < -0.39 is 5.60 Å². The van der Waals surface area contributed by atoms with Crippen molar-refractivity contribution in [1.82, 2.24) is 9.80 Å². The smallest absolute Gasteiger partial charge is 0.410 e. The van der Waals surface area contributed by atoms with Crippen molar-refractivity contribution in [1.29, 1.82) is 0 Å². The number of phenolic OH excluding ortho intramolecular Hbond substituents is 2. The molecule has 1 saturated heterocycles. The van der Waals surface area contributed by atoms with Crippen LogP contribution in [0.2, 0.25) is 0 Å². The molecule has 0 radical (unpaired) electrons. The lowest BCUT2D eigenvalue weighted by atomic mass is 9.99. The molecule has 7 nitrogen and oxygen atoms in total. The summed E-state index contributed by atoms with van der Waals surface area (Å²) in [5, 5.41) is 23.5. The maximum Gasteiger partial charge on any atom is 0.410 e. The minimum atomic E-state index is -0.482. The van der Waals surface area contributed by atoms with Gasteiger partial charge in [0.2, 0.25) is 0 Å². The normalized spacial score (nSPS) is 14.8. The highest BCUT2D eigenvalue weighted by molar-refractivity contribution is 7.81. The van der Waals surface area contributed by atoms with Crippen molar-refractivity contribution in [2.24, 2.45) is 0 Å². The number of phenols is 2. The SMILES string of the molecule is CC(C)c1cc(C(=S)Nc2ccc(CN3CCN(C(=O)OC(C)(C)C)CC3)cc2)c(O)cc1O. The van der Waals surface area contributed by atoms with Crippen LogP contribution in [0.3, 0.4) is 0 Å². The van der Waals surface area contributed by atoms with E-state index in [1.807, 2.05) is 58.9 Å². The van der Waals surface area contributed by atoms with Gasteiger partial charge < -0.3 is 25.2 Å². The highest BCUT2D eigenvalue weighted by Crippen LogP contribution is 2.32. The lowest BCUT2D eigenvalue weighted by molar-refractivity contribution is 0.0139. The Labute approximate surface area is 207 Å². The first kappa shape index (κ1) is 25.8. The second-order valence-corrected chi connectivity index (χ2v) is 10.4. The monoisotopic (exact) mass is 485 g/mol. The van der Waals surface area contributed by atoms with Crippen LogP contribution in [-0.2, 0) is 11.3 Å². The minimum Gasteiger partial charge on any atom is -0.508 e. The number of piperazine rings is 1. The number of hydrogen-bond acceptors (Lipinski definition) is 6. The summed E-state index contributed by atoms with van der Waals surface area (Å²) in [6.45, 7) is 13.3. The Morgan fingerprint density at radius 3 is 2.24 bits per heavy atom. The number of aromatic hydroxyl groups is 2. The van der Waals surface area contributed by atoms with Gasteiger partial charge in [-0.25, -0.2) is 4.79 Å². The summed E-state index contributed by atoms with van der Waals surface area (Å²) in [4.78, 5) is 16.7. The van der Waals surface area contributed by atoms with Gasteiger partial charge in [-0.1, -0.05) is 38.2 Å². The molecule has 34 heavy (non-hydrogen) atoms. The van der Waals surface area contributed by atoms with Crippen molar-refractivity contribution >= 4 is 29.0 Å². The van der Waals surface area contributed by atoms with E-state index in [9.17, 15) is 15.0 Å². The third kappa shape index (κ3) is 6.84. The maximum absolute atomic E-state index is 12.2. The number of rotatable bonds is 5. The second-order valence-electron chi connectivity index (χ2n) is 9.98. The van der Waals surface area contributed by atoms with Crippen LogP contribution in [0.15, 0.2) is 36.4 Å². The van der Waals surface area contributed by atoms with Gasteiger partial charge in [0.05, 0.1) is 5.56 Å². The van der Waals surface area contributed by atoms with Gasteiger partial charge in [-0.05, 0) is 56.0 Å². The van der Waals surface area contributed by atoms with Crippen molar-refractivity contribution in [3.8, 4) is 11.5 Å². The Kier molecular flexibility index (Phi) is 8.05. The van der Waals surface area contributed by atoms with Crippen LogP contribution in [0.4, 0.5) is 10.5 Å². The molecule has 0 unspecified atom stereocenters. The number of carbonyl (C=O) groups is 1. The fourth-order valence-corrected chi connectivity index (χ4v) is 4.08. The summed E-state index contributed by atoms with van der Waals surface area (Å²) in [5.74, 6) is 0.115. The van der Waals surface area contributed by atoms with E-state index in [2.05, 4.69) is 10.2 Å². The molecule has 0 bridgehead atoms. The molecule has 2 aromatic rings. The Morgan fingerprint density at radius 1 is 1.06 bits per heavy atom. The van der Waals surface area contributed by atoms with Crippen molar-refractivity contribution in [3.05, 3.63) is 53.1 Å². The van der Waals surface area contributed by atoms with Gasteiger partial charge in [0.1, 0.15) is 22.1 Å². The third-order valence-corrected chi connectivity index (χ3v) is 5.98. The number of anilines is 1. The molecule has 0 aromatic heterocycles. The average molecular weight is 486 g/mol. The standard InChI is InChI=1S/C26H35N3O4S/c1-17(2)20-14-21(23(31)15-22(20)30)24(34)27-19-8-6-18(7-9-19)16-28-10-12-29(13-11-28)25(32)33-26(3,4)5/h6-9,14-15,17,30-31H,10-13,16H2,1-5H3,(H,27,34). The highest BCUT2D eigenvalue weighted by atomic mass is 32.1. The number of ether oxygens (including phenoxy) is 1. The van der Waals surface area contributed by atoms with Crippen LogP contribution >= 0.6 is 12.2 Å². The zero-order valence-electron chi connectivity index (χ0n) is 20.6. The maximum atomic E-state index is 12.2. The number of nitrogens with zero attached hydrogens (tertiary/aromatic N) is 2. The molecule has 1 heterocycles. The van der Waals surface area contributed by atoms with Crippen LogP contribution in [0.5, 0.6) is 11.5 Å². The van der Waals surface area contributed by atoms with Crippen molar-refractivity contribution in [2.75, 3.05) is 31.5 Å². The molecular weight excluding hydrogens is 450 g/mol.